The van der Waals surface area contributed by atoms with E-state index in [1.807, 2.05) is 11.4 Å². The Morgan fingerprint density at radius 2 is 2.00 bits per heavy atom. The third-order valence-corrected chi connectivity index (χ3v) is 7.43. The minimum Gasteiger partial charge on any atom is -0.466 e. The Morgan fingerprint density at radius 3 is 2.47 bits per heavy atom. The molecule has 1 atom stereocenters. The topological polar surface area (TPSA) is 66.8 Å². The maximum absolute atomic E-state index is 14.4. The highest BCUT2D eigenvalue weighted by Crippen LogP contribution is 2.47. The van der Waals surface area contributed by atoms with Crippen molar-refractivity contribution >= 4 is 46.3 Å². The van der Waals surface area contributed by atoms with Crippen molar-refractivity contribution in [3.63, 3.8) is 0 Å². The van der Waals surface area contributed by atoms with E-state index in [9.17, 15) is 13.6 Å². The molecule has 2 aliphatic rings. The standard InChI is InChI=1S/C17H22F2N4O2S.C6H4Cl2/c1-10-16(2,3)17(18,19)9-23(10)8-12-11(15(24)25-4)7-21-13(22-12)14-20-5-6-26-14;7-5-2-1-3-6(8)4-5/h5-6,10H,7-9H2,1-4H3,(H,21,22);1-4H/t10-;/m0./s1. The van der Waals surface area contributed by atoms with Crippen LogP contribution in [0, 0.1) is 5.41 Å². The van der Waals surface area contributed by atoms with Crippen LogP contribution in [-0.2, 0) is 9.53 Å². The third-order valence-electron chi connectivity index (χ3n) is 6.18. The number of alkyl halides is 2. The Bertz CT molecular complexity index is 1070. The van der Waals surface area contributed by atoms with Crippen LogP contribution in [0.25, 0.3) is 0 Å². The molecule has 0 radical (unpaired) electrons. The number of methoxy groups -OCH3 is 1. The predicted octanol–water partition coefficient (Wildman–Crippen LogP) is 5.28. The van der Waals surface area contributed by atoms with Gasteiger partial charge >= 0.3 is 5.97 Å². The fourth-order valence-electron chi connectivity index (χ4n) is 3.63. The molecule has 0 aliphatic carbocycles. The maximum atomic E-state index is 14.4. The SMILES string of the molecule is COC(=O)C1=C(CN2CC(F)(F)C(C)(C)[C@@H]2C)NC(c2nccs2)=NC1.Clc1cccc(Cl)c1. The van der Waals surface area contributed by atoms with Crippen LogP contribution in [0.3, 0.4) is 0 Å². The number of ether oxygens (including phenoxy) is 1. The molecule has 184 valence electrons. The van der Waals surface area contributed by atoms with Crippen LogP contribution in [0.15, 0.2) is 52.1 Å². The van der Waals surface area contributed by atoms with Gasteiger partial charge in [0.1, 0.15) is 0 Å². The Labute approximate surface area is 211 Å². The van der Waals surface area contributed by atoms with Gasteiger partial charge in [-0.3, -0.25) is 9.89 Å². The monoisotopic (exact) mass is 530 g/mol. The first-order valence-electron chi connectivity index (χ1n) is 10.5. The van der Waals surface area contributed by atoms with Crippen molar-refractivity contribution in [1.29, 1.82) is 0 Å². The van der Waals surface area contributed by atoms with Crippen LogP contribution in [0.2, 0.25) is 10.0 Å². The van der Waals surface area contributed by atoms with Gasteiger partial charge in [0.2, 0.25) is 0 Å². The second-order valence-electron chi connectivity index (χ2n) is 8.52. The van der Waals surface area contributed by atoms with Gasteiger partial charge in [-0.15, -0.1) is 11.3 Å². The molecule has 3 heterocycles. The second-order valence-corrected chi connectivity index (χ2v) is 10.3. The van der Waals surface area contributed by atoms with Gasteiger partial charge in [-0.25, -0.2) is 18.6 Å². The molecule has 2 aliphatic heterocycles. The number of hydrogen-bond acceptors (Lipinski definition) is 7. The molecule has 11 heteroatoms. The molecule has 0 spiro atoms. The summed E-state index contributed by atoms with van der Waals surface area (Å²) in [5.41, 5.74) is -0.259. The smallest absolute Gasteiger partial charge is 0.337 e. The number of nitrogens with one attached hydrogen (secondary N) is 1. The van der Waals surface area contributed by atoms with Gasteiger partial charge in [0, 0.05) is 45.3 Å². The van der Waals surface area contributed by atoms with Crippen molar-refractivity contribution in [2.75, 3.05) is 26.7 Å². The quantitative estimate of drug-likeness (QED) is 0.544. The van der Waals surface area contributed by atoms with Gasteiger partial charge in [0.05, 0.1) is 25.8 Å². The number of rotatable bonds is 4. The normalized spacial score (nSPS) is 21.3. The Morgan fingerprint density at radius 1 is 1.32 bits per heavy atom. The van der Waals surface area contributed by atoms with Crippen molar-refractivity contribution in [2.45, 2.75) is 32.7 Å². The largest absolute Gasteiger partial charge is 0.466 e. The van der Waals surface area contributed by atoms with Gasteiger partial charge in [-0.1, -0.05) is 43.1 Å². The summed E-state index contributed by atoms with van der Waals surface area (Å²) in [7, 11) is 1.29. The molecule has 6 nitrogen and oxygen atoms in total. The molecule has 1 N–H and O–H groups in total. The van der Waals surface area contributed by atoms with E-state index in [4.69, 9.17) is 27.9 Å². The van der Waals surface area contributed by atoms with E-state index < -0.39 is 17.3 Å². The number of carbonyl (C=O) groups excluding carboxylic acids is 1. The highest BCUT2D eigenvalue weighted by molar-refractivity contribution is 7.11. The van der Waals surface area contributed by atoms with Gasteiger partial charge < -0.3 is 10.1 Å². The zero-order valence-electron chi connectivity index (χ0n) is 19.2. The van der Waals surface area contributed by atoms with Crippen LogP contribution in [0.1, 0.15) is 25.8 Å². The molecule has 1 aromatic heterocycles. The fraction of sp³-hybridized carbons (Fsp3) is 0.435. The van der Waals surface area contributed by atoms with E-state index in [0.717, 1.165) is 0 Å². The van der Waals surface area contributed by atoms with E-state index >= 15 is 0 Å². The summed E-state index contributed by atoms with van der Waals surface area (Å²) in [4.78, 5) is 22.4. The highest BCUT2D eigenvalue weighted by atomic mass is 35.5. The summed E-state index contributed by atoms with van der Waals surface area (Å²) in [6.07, 6.45) is 1.66. The molecule has 4 rings (SSSR count). The molecule has 0 bridgehead atoms. The third kappa shape index (κ3) is 5.76. The molecular weight excluding hydrogens is 505 g/mol. The Balaban J connectivity index is 0.000000343. The van der Waals surface area contributed by atoms with Crippen LogP contribution >= 0.6 is 34.5 Å². The molecule has 1 saturated heterocycles. The van der Waals surface area contributed by atoms with Crippen LogP contribution in [-0.4, -0.2) is 60.4 Å². The zero-order valence-corrected chi connectivity index (χ0v) is 21.6. The van der Waals surface area contributed by atoms with Gasteiger partial charge in [0.25, 0.3) is 5.92 Å². The number of esters is 1. The lowest BCUT2D eigenvalue weighted by Crippen LogP contribution is -2.42. The number of aromatic nitrogens is 1. The average molecular weight is 531 g/mol. The number of halogens is 4. The van der Waals surface area contributed by atoms with Crippen molar-refractivity contribution in [1.82, 2.24) is 15.2 Å². The molecule has 34 heavy (non-hydrogen) atoms. The minimum absolute atomic E-state index is 0.131. The zero-order chi connectivity index (χ0) is 25.1. The molecule has 1 aromatic carbocycles. The summed E-state index contributed by atoms with van der Waals surface area (Å²) < 4.78 is 33.6. The number of thiazole rings is 1. The van der Waals surface area contributed by atoms with E-state index in [2.05, 4.69) is 15.3 Å². The van der Waals surface area contributed by atoms with E-state index in [1.54, 1.807) is 50.1 Å². The molecule has 1 fully saturated rings. The lowest BCUT2D eigenvalue weighted by Gasteiger charge is -2.32. The van der Waals surface area contributed by atoms with Crippen molar-refractivity contribution in [2.24, 2.45) is 10.4 Å². The maximum Gasteiger partial charge on any atom is 0.337 e. The number of aliphatic imine (C=N–C) groups is 1. The highest BCUT2D eigenvalue weighted by Gasteiger charge is 2.58. The summed E-state index contributed by atoms with van der Waals surface area (Å²) in [6, 6.07) is 6.72. The first kappa shape index (κ1) is 26.5. The minimum atomic E-state index is -2.81. The number of amidine groups is 1. The Kier molecular flexibility index (Phi) is 8.34. The number of likely N-dealkylation sites (tertiary alicyclic amines) is 1. The van der Waals surface area contributed by atoms with E-state index in [1.165, 1.54) is 18.4 Å². The van der Waals surface area contributed by atoms with E-state index in [0.29, 0.717) is 32.2 Å². The van der Waals surface area contributed by atoms with Gasteiger partial charge in [-0.05, 0) is 25.1 Å². The van der Waals surface area contributed by atoms with Crippen molar-refractivity contribution in [3.05, 3.63) is 62.2 Å². The predicted molar refractivity (Wildman–Crippen MR) is 132 cm³/mol. The molecule has 0 saturated carbocycles. The number of nitrogens with zero attached hydrogens (tertiary/aromatic N) is 3. The molecular formula is C23H26Cl2F2N4O2S. The first-order valence-corrected chi connectivity index (χ1v) is 12.1. The van der Waals surface area contributed by atoms with Gasteiger partial charge in [0.15, 0.2) is 10.8 Å². The van der Waals surface area contributed by atoms with Crippen molar-refractivity contribution in [3.8, 4) is 0 Å². The number of benzene rings is 1. The first-order chi connectivity index (χ1) is 16.0. The molecule has 0 unspecified atom stereocenters. The molecule has 0 amide bonds. The van der Waals surface area contributed by atoms with E-state index in [-0.39, 0.29) is 25.7 Å². The lowest BCUT2D eigenvalue weighted by molar-refractivity contribution is -0.136. The summed E-state index contributed by atoms with van der Waals surface area (Å²) in [5.74, 6) is -2.77. The second kappa shape index (κ2) is 10.7. The van der Waals surface area contributed by atoms with Crippen molar-refractivity contribution < 1.29 is 18.3 Å². The van der Waals surface area contributed by atoms with Crippen LogP contribution in [0.4, 0.5) is 8.78 Å². The number of carbonyl (C=O) groups is 1. The van der Waals surface area contributed by atoms with Crippen LogP contribution < -0.4 is 5.32 Å². The fourth-order valence-corrected chi connectivity index (χ4v) is 4.67. The summed E-state index contributed by atoms with van der Waals surface area (Å²) in [5, 5.41) is 6.98. The molecule has 2 aromatic rings. The van der Waals surface area contributed by atoms with Crippen LogP contribution in [0.5, 0.6) is 0 Å². The number of hydrogen-bond donors (Lipinski definition) is 1. The lowest BCUT2D eigenvalue weighted by atomic mass is 9.83. The van der Waals surface area contributed by atoms with Gasteiger partial charge in [-0.2, -0.15) is 0 Å². The average Bonchev–Trinajstić information content (AvgIpc) is 3.36. The summed E-state index contributed by atoms with van der Waals surface area (Å²) >= 11 is 12.5. The summed E-state index contributed by atoms with van der Waals surface area (Å²) in [6.45, 7) is 4.90. The Hall–Kier alpha value is -2.07.